The molecule has 0 spiro atoms. The van der Waals surface area contributed by atoms with Crippen molar-refractivity contribution in [2.45, 2.75) is 98.2 Å². The number of alkyl carbamates (subject to hydrolysis) is 1. The van der Waals surface area contributed by atoms with Gasteiger partial charge in [-0.2, -0.15) is 0 Å². The molecular weight excluding hydrogens is 502 g/mol. The molecule has 1 aromatic rings. The number of esters is 1. The van der Waals surface area contributed by atoms with Crippen LogP contribution in [-0.4, -0.2) is 70.0 Å². The molecule has 1 rings (SSSR count). The Hall–Kier alpha value is -2.36. The van der Waals surface area contributed by atoms with Crippen molar-refractivity contribution in [3.8, 4) is 5.75 Å². The molecule has 0 aliphatic rings. The third-order valence-electron chi connectivity index (χ3n) is 6.11. The van der Waals surface area contributed by atoms with E-state index in [1.165, 1.54) is 7.11 Å². The molecule has 0 saturated heterocycles. The van der Waals surface area contributed by atoms with Crippen molar-refractivity contribution in [1.82, 2.24) is 5.32 Å². The second kappa shape index (κ2) is 18.1. The quantitative estimate of drug-likeness (QED) is 0.237. The average Bonchev–Trinajstić information content (AvgIpc) is 2.88. The van der Waals surface area contributed by atoms with E-state index in [-0.39, 0.29) is 31.3 Å². The molecule has 39 heavy (non-hydrogen) atoms. The van der Waals surface area contributed by atoms with Gasteiger partial charge in [0.15, 0.2) is 6.04 Å². The lowest BCUT2D eigenvalue weighted by molar-refractivity contribution is -0.146. The monoisotopic (exact) mass is 553 g/mol. The summed E-state index contributed by atoms with van der Waals surface area (Å²) < 4.78 is 33.9. The Labute approximate surface area is 235 Å². The first-order valence-corrected chi connectivity index (χ1v) is 13.9. The second-order valence-electron chi connectivity index (χ2n) is 11.2. The highest BCUT2D eigenvalue weighted by Crippen LogP contribution is 2.25. The Kier molecular flexibility index (Phi) is 16.1. The number of ether oxygens (including phenoxy) is 6. The topological polar surface area (TPSA) is 102 Å². The molecule has 1 amide bonds. The molecule has 1 unspecified atom stereocenters. The summed E-state index contributed by atoms with van der Waals surface area (Å²) in [7, 11) is 2.91. The highest BCUT2D eigenvalue weighted by molar-refractivity contribution is 5.81. The van der Waals surface area contributed by atoms with Gasteiger partial charge in [0.05, 0.1) is 46.2 Å². The predicted molar refractivity (Wildman–Crippen MR) is 151 cm³/mol. The molecule has 0 radical (unpaired) electrons. The van der Waals surface area contributed by atoms with Crippen LogP contribution in [0.4, 0.5) is 4.79 Å². The molecule has 0 aliphatic heterocycles. The fourth-order valence-electron chi connectivity index (χ4n) is 3.95. The first kappa shape index (κ1) is 34.7. The zero-order chi connectivity index (χ0) is 29.4. The van der Waals surface area contributed by atoms with Crippen LogP contribution in [0.2, 0.25) is 0 Å². The van der Waals surface area contributed by atoms with E-state index >= 15 is 0 Å². The predicted octanol–water partition coefficient (Wildman–Crippen LogP) is 5.53. The molecule has 0 saturated carbocycles. The van der Waals surface area contributed by atoms with Gasteiger partial charge in [-0.05, 0) is 64.2 Å². The van der Waals surface area contributed by atoms with Crippen LogP contribution in [0.15, 0.2) is 24.3 Å². The zero-order valence-electron chi connectivity index (χ0n) is 25.4. The highest BCUT2D eigenvalue weighted by atomic mass is 16.6. The number of hydrogen-bond acceptors (Lipinski definition) is 8. The molecule has 0 heterocycles. The van der Waals surface area contributed by atoms with E-state index in [1.807, 2.05) is 24.3 Å². The molecular formula is C30H51NO8. The Balaban J connectivity index is 2.92. The van der Waals surface area contributed by atoms with Crippen molar-refractivity contribution in [2.75, 3.05) is 34.0 Å². The summed E-state index contributed by atoms with van der Waals surface area (Å²) in [5, 5.41) is 2.54. The Morgan fingerprint density at radius 1 is 0.949 bits per heavy atom. The summed E-state index contributed by atoms with van der Waals surface area (Å²) in [5.41, 5.74) is 0.359. The lowest BCUT2D eigenvalue weighted by Crippen LogP contribution is -2.47. The van der Waals surface area contributed by atoms with E-state index in [1.54, 1.807) is 27.9 Å². The lowest BCUT2D eigenvalue weighted by atomic mass is 9.89. The average molecular weight is 554 g/mol. The van der Waals surface area contributed by atoms with E-state index in [0.29, 0.717) is 19.1 Å². The van der Waals surface area contributed by atoms with Crippen molar-refractivity contribution < 1.29 is 38.0 Å². The van der Waals surface area contributed by atoms with Crippen molar-refractivity contribution in [3.05, 3.63) is 29.8 Å². The molecule has 9 heteroatoms. The van der Waals surface area contributed by atoms with Crippen LogP contribution in [0, 0.1) is 11.8 Å². The number of amides is 1. The van der Waals surface area contributed by atoms with E-state index in [0.717, 1.165) is 30.6 Å². The summed E-state index contributed by atoms with van der Waals surface area (Å²) in [4.78, 5) is 24.6. The molecule has 0 bridgehead atoms. The minimum Gasteiger partial charge on any atom is -0.497 e. The van der Waals surface area contributed by atoms with E-state index < -0.39 is 23.7 Å². The summed E-state index contributed by atoms with van der Waals surface area (Å²) >= 11 is 0. The largest absolute Gasteiger partial charge is 0.497 e. The van der Waals surface area contributed by atoms with Gasteiger partial charge in [-0.3, -0.25) is 0 Å². The minimum absolute atomic E-state index is 0.0626. The van der Waals surface area contributed by atoms with Crippen molar-refractivity contribution in [2.24, 2.45) is 11.8 Å². The molecule has 1 N–H and O–H groups in total. The van der Waals surface area contributed by atoms with Crippen LogP contribution in [0.3, 0.4) is 0 Å². The lowest BCUT2D eigenvalue weighted by Gasteiger charge is -2.33. The van der Waals surface area contributed by atoms with Gasteiger partial charge in [-0.15, -0.1) is 0 Å². The third-order valence-corrected chi connectivity index (χ3v) is 6.11. The maximum absolute atomic E-state index is 12.3. The standard InChI is InChI=1S/C30H51NO8/c1-10-17-37-27(20-36-19-26(28(32)35-9)31-29(33)39-30(5,6)7)25(16-11-21(2)3)22(4)38-18-23-12-14-24(34-8)15-13-23/h12-15,21-22,25-27H,10-11,16-20H2,1-9H3,(H,31,33)/t22-,25-,26?,27-/m0/s1. The number of carbonyl (C=O) groups excluding carboxylic acids is 2. The van der Waals surface area contributed by atoms with E-state index in [9.17, 15) is 9.59 Å². The van der Waals surface area contributed by atoms with Gasteiger partial charge in [-0.25, -0.2) is 9.59 Å². The maximum Gasteiger partial charge on any atom is 0.408 e. The van der Waals surface area contributed by atoms with E-state index in [4.69, 9.17) is 28.4 Å². The normalized spacial score (nSPS) is 14.8. The van der Waals surface area contributed by atoms with Gasteiger partial charge in [0, 0.05) is 12.5 Å². The van der Waals surface area contributed by atoms with Crippen LogP contribution in [0.1, 0.15) is 73.3 Å². The van der Waals surface area contributed by atoms with Crippen LogP contribution < -0.4 is 10.1 Å². The Morgan fingerprint density at radius 3 is 2.15 bits per heavy atom. The van der Waals surface area contributed by atoms with Crippen LogP contribution in [0.25, 0.3) is 0 Å². The first-order valence-electron chi connectivity index (χ1n) is 13.9. The fourth-order valence-corrected chi connectivity index (χ4v) is 3.95. The first-order chi connectivity index (χ1) is 18.4. The van der Waals surface area contributed by atoms with Gasteiger partial charge >= 0.3 is 12.1 Å². The molecule has 0 aromatic heterocycles. The number of benzene rings is 1. The SMILES string of the molecule is CCCO[C@@H](COCC(NC(=O)OC(C)(C)C)C(=O)OC)[C@@H](CCC(C)C)[C@H](C)OCc1ccc(OC)cc1. The summed E-state index contributed by atoms with van der Waals surface area (Å²) in [6.45, 7) is 15.0. The van der Waals surface area contributed by atoms with Crippen molar-refractivity contribution >= 4 is 12.1 Å². The Bertz CT molecular complexity index is 821. The molecule has 1 aromatic carbocycles. The van der Waals surface area contributed by atoms with E-state index in [2.05, 4.69) is 33.0 Å². The number of methoxy groups -OCH3 is 2. The molecule has 4 atom stereocenters. The Morgan fingerprint density at radius 2 is 1.62 bits per heavy atom. The van der Waals surface area contributed by atoms with Crippen LogP contribution in [0.5, 0.6) is 5.75 Å². The summed E-state index contributed by atoms with van der Waals surface area (Å²) in [6.07, 6.45) is 1.70. The van der Waals surface area contributed by atoms with Gasteiger partial charge in [0.1, 0.15) is 11.4 Å². The van der Waals surface area contributed by atoms with Gasteiger partial charge in [-0.1, -0.05) is 39.3 Å². The van der Waals surface area contributed by atoms with Crippen LogP contribution in [-0.2, 0) is 35.1 Å². The fraction of sp³-hybridized carbons (Fsp3) is 0.733. The van der Waals surface area contributed by atoms with Gasteiger partial charge < -0.3 is 33.7 Å². The smallest absolute Gasteiger partial charge is 0.408 e. The zero-order valence-corrected chi connectivity index (χ0v) is 25.4. The number of rotatable bonds is 18. The van der Waals surface area contributed by atoms with Crippen molar-refractivity contribution in [1.29, 1.82) is 0 Å². The maximum atomic E-state index is 12.3. The summed E-state index contributed by atoms with van der Waals surface area (Å²) in [5.74, 6) is 0.779. The van der Waals surface area contributed by atoms with Crippen molar-refractivity contribution in [3.63, 3.8) is 0 Å². The number of hydrogen-bond donors (Lipinski definition) is 1. The number of nitrogens with one attached hydrogen (secondary N) is 1. The highest BCUT2D eigenvalue weighted by Gasteiger charge is 2.30. The molecule has 224 valence electrons. The second-order valence-corrected chi connectivity index (χ2v) is 11.2. The third kappa shape index (κ3) is 14.6. The van der Waals surface area contributed by atoms with Gasteiger partial charge in [0.25, 0.3) is 0 Å². The molecule has 0 aliphatic carbocycles. The molecule has 9 nitrogen and oxygen atoms in total. The van der Waals surface area contributed by atoms with Gasteiger partial charge in [0.2, 0.25) is 0 Å². The number of carbonyl (C=O) groups is 2. The summed E-state index contributed by atoms with van der Waals surface area (Å²) in [6, 6.07) is 6.82. The molecule has 0 fully saturated rings. The van der Waals surface area contributed by atoms with Crippen LogP contribution >= 0.6 is 0 Å². The minimum atomic E-state index is -1.01.